The molecule has 0 aliphatic carbocycles. The summed E-state index contributed by atoms with van der Waals surface area (Å²) in [4.78, 5) is 101. The van der Waals surface area contributed by atoms with Crippen LogP contribution in [0.2, 0.25) is 0 Å². The molecular formula is C29H39N11O11. The molecule has 0 aromatic carbocycles. The molecule has 276 valence electrons. The average Bonchev–Trinajstić information content (AvgIpc) is 3.92. The fraction of sp³-hybridized carbons (Fsp3) is 0.448. The first kappa shape index (κ1) is 39.3. The number of aliphatic carboxylic acids is 1. The molecule has 4 atom stereocenters. The van der Waals surface area contributed by atoms with Gasteiger partial charge < -0.3 is 61.7 Å². The van der Waals surface area contributed by atoms with Crippen molar-refractivity contribution in [1.29, 1.82) is 0 Å². The van der Waals surface area contributed by atoms with Gasteiger partial charge in [0.25, 0.3) is 11.8 Å². The minimum atomic E-state index is -1.55. The Morgan fingerprint density at radius 3 is 2.02 bits per heavy atom. The number of oxazole rings is 2. The van der Waals surface area contributed by atoms with Crippen LogP contribution >= 0.6 is 0 Å². The van der Waals surface area contributed by atoms with Crippen LogP contribution in [0, 0.1) is 5.92 Å². The molecule has 0 fully saturated rings. The summed E-state index contributed by atoms with van der Waals surface area (Å²) in [6, 6.07) is -4.11. The van der Waals surface area contributed by atoms with Crippen molar-refractivity contribution in [3.05, 3.63) is 53.9 Å². The number of aromatic amines is 1. The van der Waals surface area contributed by atoms with E-state index in [1.54, 1.807) is 13.8 Å². The maximum atomic E-state index is 13.1. The van der Waals surface area contributed by atoms with Crippen molar-refractivity contribution < 1.29 is 52.6 Å². The van der Waals surface area contributed by atoms with Gasteiger partial charge in [-0.1, -0.05) is 20.3 Å². The number of amides is 6. The Morgan fingerprint density at radius 2 is 1.47 bits per heavy atom. The van der Waals surface area contributed by atoms with E-state index in [0.717, 1.165) is 12.5 Å². The smallest absolute Gasteiger partial charge is 0.326 e. The lowest BCUT2D eigenvalue weighted by atomic mass is 9.98. The highest BCUT2D eigenvalue weighted by molar-refractivity contribution is 5.97. The van der Waals surface area contributed by atoms with Crippen molar-refractivity contribution in [3.63, 3.8) is 0 Å². The van der Waals surface area contributed by atoms with E-state index >= 15 is 0 Å². The third kappa shape index (κ3) is 12.0. The molecular weight excluding hydrogens is 678 g/mol. The lowest BCUT2D eigenvalue weighted by molar-refractivity contribution is -0.143. The second-order valence-corrected chi connectivity index (χ2v) is 11.0. The molecule has 3 aromatic heterocycles. The second-order valence-electron chi connectivity index (χ2n) is 11.0. The van der Waals surface area contributed by atoms with Crippen LogP contribution in [-0.2, 0) is 43.5 Å². The van der Waals surface area contributed by atoms with Gasteiger partial charge in [-0.05, 0) is 5.92 Å². The summed E-state index contributed by atoms with van der Waals surface area (Å²) in [5, 5.41) is 33.5. The highest BCUT2D eigenvalue weighted by atomic mass is 16.4. The molecule has 3 aromatic rings. The van der Waals surface area contributed by atoms with Crippen LogP contribution < -0.4 is 37.6 Å². The molecule has 3 rings (SSSR count). The monoisotopic (exact) mass is 717 g/mol. The number of rotatable bonds is 20. The zero-order valence-corrected chi connectivity index (χ0v) is 27.6. The first-order chi connectivity index (χ1) is 24.3. The van der Waals surface area contributed by atoms with E-state index in [1.807, 2.05) is 0 Å². The van der Waals surface area contributed by atoms with Crippen LogP contribution in [0.1, 0.15) is 58.7 Å². The van der Waals surface area contributed by atoms with Crippen LogP contribution in [0.25, 0.3) is 0 Å². The number of aliphatic hydroxyl groups is 1. The van der Waals surface area contributed by atoms with Crippen LogP contribution in [0.3, 0.4) is 0 Å². The molecule has 0 spiro atoms. The van der Waals surface area contributed by atoms with E-state index in [2.05, 4.69) is 51.8 Å². The Bertz CT molecular complexity index is 1670. The molecule has 0 bridgehead atoms. The predicted octanol–water partition coefficient (Wildman–Crippen LogP) is -3.56. The number of carbonyl (C=O) groups excluding carboxylic acids is 6. The number of hydrogen-bond donors (Lipinski definition) is 10. The van der Waals surface area contributed by atoms with Gasteiger partial charge in [-0.3, -0.25) is 28.8 Å². The second kappa shape index (κ2) is 19.1. The van der Waals surface area contributed by atoms with E-state index in [0.29, 0.717) is 12.1 Å². The number of H-pyrrole nitrogens is 1. The standard InChI is InChI=1S/C29H39N11O11/c1-3-14(2)24(29(48)49)40-27(46)16(4-15-6-31-13-35-15)39-28(47)17(10-41)36-21(43)8-34-26(45)19-12-51-23(38-19)9-32-20(42)7-33-25(44)18-11-50-22(5-30)37-18/h6,11-14,16-17,24,41H,3-5,7-10,30H2,1-2H3,(H,31,35)(H,32,42)(H,33,44)(H,34,45)(H,36,43)(H,39,47)(H,40,46)(H,48,49)/t14-,16-,17-,24-/m0/s1. The van der Waals surface area contributed by atoms with Crippen LogP contribution in [0.5, 0.6) is 0 Å². The highest BCUT2D eigenvalue weighted by Gasteiger charge is 2.32. The van der Waals surface area contributed by atoms with Crippen molar-refractivity contribution in [2.75, 3.05) is 19.7 Å². The van der Waals surface area contributed by atoms with E-state index in [-0.39, 0.29) is 42.7 Å². The maximum absolute atomic E-state index is 13.1. The number of imidazole rings is 1. The van der Waals surface area contributed by atoms with Crippen molar-refractivity contribution in [1.82, 2.24) is 51.8 Å². The maximum Gasteiger partial charge on any atom is 0.326 e. The molecule has 0 saturated heterocycles. The van der Waals surface area contributed by atoms with Crippen molar-refractivity contribution in [2.45, 2.75) is 57.9 Å². The quantitative estimate of drug-likeness (QED) is 0.0541. The SMILES string of the molecule is CC[C@H](C)[C@H](NC(=O)[C@H](Cc1cnc[nH]1)NC(=O)[C@H](CO)NC(=O)CNC(=O)c1coc(CNC(=O)CNC(=O)c2coc(CN)n2)n1)C(=O)O. The number of hydrogen-bond acceptors (Lipinski definition) is 14. The minimum absolute atomic E-state index is 0.00388. The molecule has 22 heteroatoms. The summed E-state index contributed by atoms with van der Waals surface area (Å²) in [5.41, 5.74) is 5.50. The van der Waals surface area contributed by atoms with Gasteiger partial charge in [0.2, 0.25) is 35.4 Å². The summed E-state index contributed by atoms with van der Waals surface area (Å²) >= 11 is 0. The third-order valence-electron chi connectivity index (χ3n) is 7.22. The Balaban J connectivity index is 1.48. The molecule has 22 nitrogen and oxygen atoms in total. The molecule has 3 heterocycles. The summed E-state index contributed by atoms with van der Waals surface area (Å²) in [5.74, 6) is -6.40. The number of nitrogens with two attached hydrogens (primary N) is 1. The lowest BCUT2D eigenvalue weighted by Gasteiger charge is -2.25. The minimum Gasteiger partial charge on any atom is -0.480 e. The van der Waals surface area contributed by atoms with Gasteiger partial charge in [-0.25, -0.2) is 19.7 Å². The number of carboxylic acid groups (broad SMARTS) is 1. The van der Waals surface area contributed by atoms with E-state index in [9.17, 15) is 43.8 Å². The number of nitrogens with zero attached hydrogens (tertiary/aromatic N) is 3. The number of carboxylic acids is 1. The van der Waals surface area contributed by atoms with Gasteiger partial charge in [0, 0.05) is 18.3 Å². The largest absolute Gasteiger partial charge is 0.480 e. The summed E-state index contributed by atoms with van der Waals surface area (Å²) in [6.07, 6.45) is 5.15. The molecule has 0 saturated carbocycles. The van der Waals surface area contributed by atoms with Gasteiger partial charge in [-0.2, -0.15) is 0 Å². The van der Waals surface area contributed by atoms with Gasteiger partial charge in [0.1, 0.15) is 30.7 Å². The summed E-state index contributed by atoms with van der Waals surface area (Å²) in [7, 11) is 0. The van der Waals surface area contributed by atoms with Gasteiger partial charge in [-0.15, -0.1) is 0 Å². The van der Waals surface area contributed by atoms with Crippen molar-refractivity contribution in [2.24, 2.45) is 11.7 Å². The van der Waals surface area contributed by atoms with E-state index in [1.165, 1.54) is 12.5 Å². The van der Waals surface area contributed by atoms with Gasteiger partial charge in [0.15, 0.2) is 11.4 Å². The van der Waals surface area contributed by atoms with Crippen molar-refractivity contribution in [3.8, 4) is 0 Å². The number of aliphatic hydroxyl groups excluding tert-OH is 1. The predicted molar refractivity (Wildman–Crippen MR) is 170 cm³/mol. The third-order valence-corrected chi connectivity index (χ3v) is 7.22. The Morgan fingerprint density at radius 1 is 0.863 bits per heavy atom. The Labute approximate surface area is 289 Å². The summed E-state index contributed by atoms with van der Waals surface area (Å²) in [6.45, 7) is 1.19. The van der Waals surface area contributed by atoms with Crippen LogP contribution in [0.15, 0.2) is 33.9 Å². The number of nitrogens with one attached hydrogen (secondary N) is 7. The fourth-order valence-corrected chi connectivity index (χ4v) is 4.22. The van der Waals surface area contributed by atoms with E-state index < -0.39 is 85.2 Å². The Kier molecular flexibility index (Phi) is 14.7. The number of aromatic nitrogens is 4. The number of carbonyl (C=O) groups is 7. The van der Waals surface area contributed by atoms with Gasteiger partial charge in [0.05, 0.1) is 39.1 Å². The molecule has 0 aliphatic rings. The zero-order valence-electron chi connectivity index (χ0n) is 27.6. The first-order valence-electron chi connectivity index (χ1n) is 15.5. The van der Waals surface area contributed by atoms with Gasteiger partial charge >= 0.3 is 5.97 Å². The molecule has 51 heavy (non-hydrogen) atoms. The van der Waals surface area contributed by atoms with Crippen molar-refractivity contribution >= 4 is 41.4 Å². The zero-order chi connectivity index (χ0) is 37.5. The summed E-state index contributed by atoms with van der Waals surface area (Å²) < 4.78 is 10.1. The Hall–Kier alpha value is -6.16. The molecule has 0 unspecified atom stereocenters. The average molecular weight is 718 g/mol. The van der Waals surface area contributed by atoms with Crippen LogP contribution in [0.4, 0.5) is 0 Å². The molecule has 11 N–H and O–H groups in total. The van der Waals surface area contributed by atoms with Crippen LogP contribution in [-0.4, -0.2) is 109 Å². The van der Waals surface area contributed by atoms with E-state index in [4.69, 9.17) is 14.6 Å². The molecule has 0 aliphatic heterocycles. The molecule has 0 radical (unpaired) electrons. The topological polar surface area (TPSA) is 339 Å². The fourth-order valence-electron chi connectivity index (χ4n) is 4.22. The first-order valence-corrected chi connectivity index (χ1v) is 15.5. The highest BCUT2D eigenvalue weighted by Crippen LogP contribution is 2.09. The molecule has 6 amide bonds. The lowest BCUT2D eigenvalue weighted by Crippen LogP contribution is -2.58. The normalized spacial score (nSPS) is 13.2.